The van der Waals surface area contributed by atoms with E-state index in [4.69, 9.17) is 19.9 Å². The third kappa shape index (κ3) is 2.26. The molecule has 1 aliphatic heterocycles. The van der Waals surface area contributed by atoms with Gasteiger partial charge in [0.05, 0.1) is 14.2 Å². The van der Waals surface area contributed by atoms with Gasteiger partial charge in [0.2, 0.25) is 0 Å². The van der Waals surface area contributed by atoms with Crippen LogP contribution in [0.2, 0.25) is 0 Å². The fourth-order valence-corrected chi connectivity index (χ4v) is 2.54. The van der Waals surface area contributed by atoms with Gasteiger partial charge >= 0.3 is 5.97 Å². The first-order valence-electron chi connectivity index (χ1n) is 6.07. The fourth-order valence-electron chi connectivity index (χ4n) is 2.54. The highest BCUT2D eigenvalue weighted by Gasteiger charge is 2.48. The molecule has 0 aliphatic carbocycles. The molecule has 1 aromatic carbocycles. The predicted molar refractivity (Wildman–Crippen MR) is 70.2 cm³/mol. The first-order chi connectivity index (χ1) is 8.82. The number of fused-ring (bicyclic) bond motifs is 1. The number of rotatable bonds is 2. The van der Waals surface area contributed by atoms with E-state index in [1.165, 1.54) is 7.11 Å². The molecule has 5 heteroatoms. The van der Waals surface area contributed by atoms with Crippen LogP contribution in [0.3, 0.4) is 0 Å². The summed E-state index contributed by atoms with van der Waals surface area (Å²) in [5, 5.41) is 0. The molecule has 1 aromatic rings. The van der Waals surface area contributed by atoms with E-state index in [0.29, 0.717) is 23.5 Å². The number of carbonyl (C=O) groups excluding carboxylic acids is 1. The molecule has 0 saturated carbocycles. The fraction of sp³-hybridized carbons (Fsp3) is 0.500. The summed E-state index contributed by atoms with van der Waals surface area (Å²) in [4.78, 5) is 12.1. The molecular formula is C14H19NO4. The van der Waals surface area contributed by atoms with E-state index < -0.39 is 17.1 Å². The van der Waals surface area contributed by atoms with Crippen LogP contribution in [-0.2, 0) is 15.1 Å². The lowest BCUT2D eigenvalue weighted by atomic mass is 9.78. The smallest absolute Gasteiger partial charge is 0.330 e. The molecule has 1 unspecified atom stereocenters. The summed E-state index contributed by atoms with van der Waals surface area (Å²) in [5.74, 6) is 0.740. The Bertz CT molecular complexity index is 512. The van der Waals surface area contributed by atoms with Gasteiger partial charge in [0.1, 0.15) is 22.6 Å². The zero-order chi connectivity index (χ0) is 14.3. The average Bonchev–Trinajstić information content (AvgIpc) is 2.36. The van der Waals surface area contributed by atoms with Gasteiger partial charge in [0, 0.05) is 12.0 Å². The molecule has 2 N–H and O–H groups in total. The van der Waals surface area contributed by atoms with E-state index in [2.05, 4.69) is 0 Å². The Labute approximate surface area is 112 Å². The van der Waals surface area contributed by atoms with E-state index >= 15 is 0 Å². The molecular weight excluding hydrogens is 246 g/mol. The minimum Gasteiger partial charge on any atom is -0.497 e. The average molecular weight is 265 g/mol. The number of methoxy groups -OCH3 is 2. The maximum atomic E-state index is 12.1. The second-order valence-corrected chi connectivity index (χ2v) is 5.36. The summed E-state index contributed by atoms with van der Waals surface area (Å²) < 4.78 is 15.9. The maximum Gasteiger partial charge on any atom is 0.330 e. The Morgan fingerprint density at radius 3 is 2.63 bits per heavy atom. The zero-order valence-corrected chi connectivity index (χ0v) is 11.6. The summed E-state index contributed by atoms with van der Waals surface area (Å²) in [6.45, 7) is 3.79. The van der Waals surface area contributed by atoms with Crippen molar-refractivity contribution in [1.29, 1.82) is 0 Å². The van der Waals surface area contributed by atoms with Crippen LogP contribution in [0.25, 0.3) is 0 Å². The summed E-state index contributed by atoms with van der Waals surface area (Å²) in [6.07, 6.45) is 0.340. The van der Waals surface area contributed by atoms with Gasteiger partial charge in [-0.15, -0.1) is 0 Å². The Morgan fingerprint density at radius 1 is 1.37 bits per heavy atom. The highest BCUT2D eigenvalue weighted by molar-refractivity contribution is 5.84. The minimum atomic E-state index is -1.22. The molecule has 0 bridgehead atoms. The van der Waals surface area contributed by atoms with Gasteiger partial charge in [-0.1, -0.05) is 0 Å². The third-order valence-corrected chi connectivity index (χ3v) is 3.31. The van der Waals surface area contributed by atoms with Gasteiger partial charge in [0.25, 0.3) is 0 Å². The Balaban J connectivity index is 2.60. The van der Waals surface area contributed by atoms with Crippen LogP contribution in [0, 0.1) is 0 Å². The van der Waals surface area contributed by atoms with Crippen molar-refractivity contribution < 1.29 is 19.0 Å². The molecule has 0 radical (unpaired) electrons. The van der Waals surface area contributed by atoms with E-state index in [-0.39, 0.29) is 0 Å². The van der Waals surface area contributed by atoms with Crippen molar-refractivity contribution in [2.24, 2.45) is 5.73 Å². The van der Waals surface area contributed by atoms with E-state index in [9.17, 15) is 4.79 Å². The Morgan fingerprint density at radius 2 is 2.05 bits per heavy atom. The van der Waals surface area contributed by atoms with E-state index in [0.717, 1.165) is 0 Å². The molecule has 0 saturated heterocycles. The molecule has 0 fully saturated rings. The number of benzene rings is 1. The van der Waals surface area contributed by atoms with Crippen molar-refractivity contribution >= 4 is 5.97 Å². The first kappa shape index (κ1) is 13.7. The van der Waals surface area contributed by atoms with Crippen LogP contribution >= 0.6 is 0 Å². The lowest BCUT2D eigenvalue weighted by Crippen LogP contribution is -2.54. The van der Waals surface area contributed by atoms with Gasteiger partial charge in [-0.25, -0.2) is 4.79 Å². The van der Waals surface area contributed by atoms with Crippen LogP contribution in [0.5, 0.6) is 11.5 Å². The topological polar surface area (TPSA) is 70.8 Å². The standard InChI is InChI=1S/C14H19NO4/c1-13(2)8-14(15,12(16)18-4)10-7-9(17-3)5-6-11(10)19-13/h5-7H,8,15H2,1-4H3. The first-order valence-corrected chi connectivity index (χ1v) is 6.07. The lowest BCUT2D eigenvalue weighted by Gasteiger charge is -2.42. The molecule has 19 heavy (non-hydrogen) atoms. The van der Waals surface area contributed by atoms with Crippen LogP contribution < -0.4 is 15.2 Å². The van der Waals surface area contributed by atoms with Gasteiger partial charge in [-0.2, -0.15) is 0 Å². The SMILES string of the molecule is COC(=O)C1(N)CC(C)(C)Oc2ccc(OC)cc21. The molecule has 1 atom stereocenters. The summed E-state index contributed by atoms with van der Waals surface area (Å²) in [7, 11) is 2.89. The number of hydrogen-bond acceptors (Lipinski definition) is 5. The van der Waals surface area contributed by atoms with Gasteiger partial charge in [-0.3, -0.25) is 0 Å². The molecule has 1 aliphatic rings. The normalized spacial score (nSPS) is 24.1. The molecule has 2 rings (SSSR count). The van der Waals surface area contributed by atoms with Crippen LogP contribution in [0.1, 0.15) is 25.8 Å². The van der Waals surface area contributed by atoms with Crippen molar-refractivity contribution in [3.63, 3.8) is 0 Å². The molecule has 0 spiro atoms. The predicted octanol–water partition coefficient (Wildman–Crippen LogP) is 1.58. The third-order valence-electron chi connectivity index (χ3n) is 3.31. The van der Waals surface area contributed by atoms with Crippen molar-refractivity contribution in [2.75, 3.05) is 14.2 Å². The number of hydrogen-bond donors (Lipinski definition) is 1. The number of ether oxygens (including phenoxy) is 3. The van der Waals surface area contributed by atoms with Gasteiger partial charge in [-0.05, 0) is 32.0 Å². The highest BCUT2D eigenvalue weighted by Crippen LogP contribution is 2.44. The maximum absolute atomic E-state index is 12.1. The van der Waals surface area contributed by atoms with Crippen LogP contribution in [0.4, 0.5) is 0 Å². The number of esters is 1. The van der Waals surface area contributed by atoms with Crippen molar-refractivity contribution in [1.82, 2.24) is 0 Å². The number of carbonyl (C=O) groups is 1. The van der Waals surface area contributed by atoms with E-state index in [1.54, 1.807) is 25.3 Å². The largest absolute Gasteiger partial charge is 0.497 e. The molecule has 104 valence electrons. The van der Waals surface area contributed by atoms with Crippen LogP contribution in [-0.4, -0.2) is 25.8 Å². The summed E-state index contributed by atoms with van der Waals surface area (Å²) >= 11 is 0. The zero-order valence-electron chi connectivity index (χ0n) is 11.6. The van der Waals surface area contributed by atoms with Crippen LogP contribution in [0.15, 0.2) is 18.2 Å². The Hall–Kier alpha value is -1.75. The van der Waals surface area contributed by atoms with Gasteiger partial charge in [0.15, 0.2) is 0 Å². The molecule has 1 heterocycles. The van der Waals surface area contributed by atoms with Crippen molar-refractivity contribution in [2.45, 2.75) is 31.4 Å². The summed E-state index contributed by atoms with van der Waals surface area (Å²) in [5.41, 5.74) is 5.15. The summed E-state index contributed by atoms with van der Waals surface area (Å²) in [6, 6.07) is 5.26. The Kier molecular flexibility index (Phi) is 3.18. The van der Waals surface area contributed by atoms with Crippen molar-refractivity contribution in [3.8, 4) is 11.5 Å². The molecule has 0 amide bonds. The lowest BCUT2D eigenvalue weighted by molar-refractivity contribution is -0.151. The van der Waals surface area contributed by atoms with Crippen molar-refractivity contribution in [3.05, 3.63) is 23.8 Å². The molecule has 0 aromatic heterocycles. The molecule has 5 nitrogen and oxygen atoms in total. The quantitative estimate of drug-likeness (QED) is 0.822. The van der Waals surface area contributed by atoms with Gasteiger partial charge < -0.3 is 19.9 Å². The second-order valence-electron chi connectivity index (χ2n) is 5.36. The second kappa shape index (κ2) is 4.42. The highest BCUT2D eigenvalue weighted by atomic mass is 16.5. The number of nitrogens with two attached hydrogens (primary N) is 1. The van der Waals surface area contributed by atoms with E-state index in [1.807, 2.05) is 13.8 Å². The minimum absolute atomic E-state index is 0.340. The monoisotopic (exact) mass is 265 g/mol.